The number of hydrogen-bond donors (Lipinski definition) is 3. The van der Waals surface area contributed by atoms with Crippen molar-refractivity contribution in [3.63, 3.8) is 0 Å². The Morgan fingerprint density at radius 1 is 1.16 bits per heavy atom. The molecule has 0 fully saturated rings. The summed E-state index contributed by atoms with van der Waals surface area (Å²) in [5.74, 6) is -2.68. The molecule has 108 valence electrons. The Balaban J connectivity index is 2.49. The van der Waals surface area contributed by atoms with Gasteiger partial charge in [-0.1, -0.05) is 26.7 Å². The van der Waals surface area contributed by atoms with Gasteiger partial charge in [-0.05, 0) is 23.6 Å². The van der Waals surface area contributed by atoms with Crippen molar-refractivity contribution in [1.29, 1.82) is 0 Å². The normalized spacial score (nSPS) is 12.9. The fraction of sp³-hybridized carbons (Fsp3) is 0.571. The standard InChI is InChI=1S/C14H21F2NO2/c1-3-10(4-2)13(18)8-17-7-9-5-11(15)14(19)12(16)6-9/h5-6,10,13,17-19H,3-4,7-8H2,1-2H3. The number of halogens is 2. The van der Waals surface area contributed by atoms with Crippen molar-refractivity contribution in [2.24, 2.45) is 5.92 Å². The summed E-state index contributed by atoms with van der Waals surface area (Å²) in [6.07, 6.45) is 1.31. The van der Waals surface area contributed by atoms with E-state index in [1.807, 2.05) is 13.8 Å². The molecule has 3 nitrogen and oxygen atoms in total. The van der Waals surface area contributed by atoms with Gasteiger partial charge in [-0.15, -0.1) is 0 Å². The number of phenols is 1. The highest BCUT2D eigenvalue weighted by Gasteiger charge is 2.15. The van der Waals surface area contributed by atoms with Gasteiger partial charge in [-0.2, -0.15) is 0 Å². The first-order valence-electron chi connectivity index (χ1n) is 6.55. The van der Waals surface area contributed by atoms with Crippen molar-refractivity contribution >= 4 is 0 Å². The molecule has 1 aromatic carbocycles. The number of aliphatic hydroxyl groups excluding tert-OH is 1. The number of phenolic OH excluding ortho intramolecular Hbond substituents is 1. The van der Waals surface area contributed by atoms with Crippen LogP contribution in [-0.2, 0) is 6.54 Å². The molecular weight excluding hydrogens is 252 g/mol. The average Bonchev–Trinajstić information content (AvgIpc) is 2.37. The molecule has 0 spiro atoms. The molecule has 0 aliphatic heterocycles. The van der Waals surface area contributed by atoms with Gasteiger partial charge in [-0.25, -0.2) is 8.78 Å². The number of nitrogens with one attached hydrogen (secondary N) is 1. The molecule has 0 saturated heterocycles. The maximum absolute atomic E-state index is 13.1. The average molecular weight is 273 g/mol. The molecule has 0 bridgehead atoms. The largest absolute Gasteiger partial charge is 0.503 e. The molecule has 0 saturated carbocycles. The van der Waals surface area contributed by atoms with Crippen molar-refractivity contribution in [3.8, 4) is 5.75 Å². The number of rotatable bonds is 7. The first-order chi connectivity index (χ1) is 8.99. The molecule has 0 radical (unpaired) electrons. The highest BCUT2D eigenvalue weighted by atomic mass is 19.1. The summed E-state index contributed by atoms with van der Waals surface area (Å²) in [6.45, 7) is 4.64. The predicted octanol–water partition coefficient (Wildman–Crippen LogP) is 2.56. The van der Waals surface area contributed by atoms with Gasteiger partial charge in [-0.3, -0.25) is 0 Å². The Kier molecular flexibility index (Phi) is 6.18. The van der Waals surface area contributed by atoms with Gasteiger partial charge in [0.1, 0.15) is 0 Å². The minimum atomic E-state index is -0.975. The third kappa shape index (κ3) is 4.44. The molecule has 5 heteroatoms. The van der Waals surface area contributed by atoms with E-state index in [1.54, 1.807) is 0 Å². The second-order valence-corrected chi connectivity index (χ2v) is 4.68. The smallest absolute Gasteiger partial charge is 0.187 e. The Morgan fingerprint density at radius 2 is 1.68 bits per heavy atom. The second kappa shape index (κ2) is 7.40. The lowest BCUT2D eigenvalue weighted by Gasteiger charge is -2.20. The molecule has 0 amide bonds. The molecule has 1 rings (SSSR count). The molecule has 1 unspecified atom stereocenters. The van der Waals surface area contributed by atoms with Crippen molar-refractivity contribution in [2.75, 3.05) is 6.54 Å². The number of hydrogen-bond acceptors (Lipinski definition) is 3. The SMILES string of the molecule is CCC(CC)C(O)CNCc1cc(F)c(O)c(F)c1. The van der Waals surface area contributed by atoms with Crippen LogP contribution < -0.4 is 5.32 Å². The van der Waals surface area contributed by atoms with Crippen LogP contribution in [0.3, 0.4) is 0 Å². The Hall–Kier alpha value is -1.20. The van der Waals surface area contributed by atoms with Crippen LogP contribution in [-0.4, -0.2) is 22.9 Å². The molecular formula is C14H21F2NO2. The third-order valence-corrected chi connectivity index (χ3v) is 3.35. The van der Waals surface area contributed by atoms with Crippen LogP contribution in [0.4, 0.5) is 8.78 Å². The van der Waals surface area contributed by atoms with E-state index in [2.05, 4.69) is 5.32 Å². The summed E-state index contributed by atoms with van der Waals surface area (Å²) in [5, 5.41) is 21.8. The Labute approximate surface area is 112 Å². The van der Waals surface area contributed by atoms with Crippen molar-refractivity contribution in [2.45, 2.75) is 39.3 Å². The summed E-state index contributed by atoms with van der Waals surface area (Å²) < 4.78 is 26.2. The van der Waals surface area contributed by atoms with Gasteiger partial charge < -0.3 is 15.5 Å². The lowest BCUT2D eigenvalue weighted by molar-refractivity contribution is 0.101. The number of aliphatic hydroxyl groups is 1. The zero-order chi connectivity index (χ0) is 14.4. The fourth-order valence-corrected chi connectivity index (χ4v) is 2.08. The molecule has 0 aromatic heterocycles. The molecule has 0 aliphatic carbocycles. The van der Waals surface area contributed by atoms with Crippen molar-refractivity contribution < 1.29 is 19.0 Å². The van der Waals surface area contributed by atoms with E-state index in [4.69, 9.17) is 5.11 Å². The number of benzene rings is 1. The monoisotopic (exact) mass is 273 g/mol. The zero-order valence-electron chi connectivity index (χ0n) is 11.3. The van der Waals surface area contributed by atoms with Crippen molar-refractivity contribution in [3.05, 3.63) is 29.3 Å². The summed E-state index contributed by atoms with van der Waals surface area (Å²) in [6, 6.07) is 2.16. The van der Waals surface area contributed by atoms with Crippen LogP contribution in [0, 0.1) is 17.6 Å². The fourth-order valence-electron chi connectivity index (χ4n) is 2.08. The van der Waals surface area contributed by atoms with E-state index >= 15 is 0 Å². The highest BCUT2D eigenvalue weighted by Crippen LogP contribution is 2.21. The van der Waals surface area contributed by atoms with Crippen LogP contribution >= 0.6 is 0 Å². The Bertz CT molecular complexity index is 385. The van der Waals surface area contributed by atoms with Gasteiger partial charge in [0.2, 0.25) is 0 Å². The summed E-state index contributed by atoms with van der Waals surface area (Å²) in [5.41, 5.74) is 0.393. The summed E-state index contributed by atoms with van der Waals surface area (Å²) in [7, 11) is 0. The molecule has 0 heterocycles. The predicted molar refractivity (Wildman–Crippen MR) is 69.8 cm³/mol. The van der Waals surface area contributed by atoms with Crippen LogP contribution in [0.1, 0.15) is 32.3 Å². The summed E-state index contributed by atoms with van der Waals surface area (Å²) in [4.78, 5) is 0. The van der Waals surface area contributed by atoms with Gasteiger partial charge in [0.25, 0.3) is 0 Å². The minimum Gasteiger partial charge on any atom is -0.503 e. The zero-order valence-corrected chi connectivity index (χ0v) is 11.3. The van der Waals surface area contributed by atoms with Gasteiger partial charge >= 0.3 is 0 Å². The van der Waals surface area contributed by atoms with E-state index in [0.29, 0.717) is 12.1 Å². The molecule has 0 aliphatic rings. The van der Waals surface area contributed by atoms with Gasteiger partial charge in [0.15, 0.2) is 17.4 Å². The van der Waals surface area contributed by atoms with Gasteiger partial charge in [0, 0.05) is 13.1 Å². The maximum atomic E-state index is 13.1. The van der Waals surface area contributed by atoms with Crippen LogP contribution in [0.5, 0.6) is 5.75 Å². The second-order valence-electron chi connectivity index (χ2n) is 4.68. The lowest BCUT2D eigenvalue weighted by Crippen LogP contribution is -2.32. The molecule has 1 aromatic rings. The van der Waals surface area contributed by atoms with Crippen LogP contribution in [0.25, 0.3) is 0 Å². The van der Waals surface area contributed by atoms with Gasteiger partial charge in [0.05, 0.1) is 6.10 Å². The molecule has 1 atom stereocenters. The van der Waals surface area contributed by atoms with E-state index in [9.17, 15) is 13.9 Å². The van der Waals surface area contributed by atoms with E-state index in [1.165, 1.54) is 0 Å². The highest BCUT2D eigenvalue weighted by molar-refractivity contribution is 5.29. The van der Waals surface area contributed by atoms with E-state index in [-0.39, 0.29) is 12.5 Å². The van der Waals surface area contributed by atoms with Crippen LogP contribution in [0.15, 0.2) is 12.1 Å². The lowest BCUT2D eigenvalue weighted by atomic mass is 9.96. The quantitative estimate of drug-likeness (QED) is 0.715. The van der Waals surface area contributed by atoms with E-state index in [0.717, 1.165) is 25.0 Å². The van der Waals surface area contributed by atoms with Crippen molar-refractivity contribution in [1.82, 2.24) is 5.32 Å². The Morgan fingerprint density at radius 3 is 2.16 bits per heavy atom. The number of aromatic hydroxyl groups is 1. The first-order valence-corrected chi connectivity index (χ1v) is 6.55. The molecule has 3 N–H and O–H groups in total. The van der Waals surface area contributed by atoms with Crippen LogP contribution in [0.2, 0.25) is 0 Å². The molecule has 19 heavy (non-hydrogen) atoms. The minimum absolute atomic E-state index is 0.223. The summed E-state index contributed by atoms with van der Waals surface area (Å²) >= 11 is 0. The maximum Gasteiger partial charge on any atom is 0.187 e. The topological polar surface area (TPSA) is 52.5 Å². The third-order valence-electron chi connectivity index (χ3n) is 3.35. The first kappa shape index (κ1) is 15.9. The van der Waals surface area contributed by atoms with E-state index < -0.39 is 23.5 Å².